The summed E-state index contributed by atoms with van der Waals surface area (Å²) >= 11 is 0. The van der Waals surface area contributed by atoms with Gasteiger partial charge in [0, 0.05) is 44.8 Å². The predicted octanol–water partition coefficient (Wildman–Crippen LogP) is 1.14. The molecule has 2 aromatic heterocycles. The molecule has 0 aromatic carbocycles. The molecule has 1 saturated heterocycles. The zero-order chi connectivity index (χ0) is 21.9. The number of primary amides is 1. The van der Waals surface area contributed by atoms with E-state index in [2.05, 4.69) is 15.1 Å². The van der Waals surface area contributed by atoms with Crippen LogP contribution in [0.1, 0.15) is 22.8 Å². The van der Waals surface area contributed by atoms with Crippen molar-refractivity contribution >= 4 is 17.9 Å². The quantitative estimate of drug-likeness (QED) is 0.760. The lowest BCUT2D eigenvalue weighted by Gasteiger charge is -2.34. The maximum atomic E-state index is 12.7. The van der Waals surface area contributed by atoms with Crippen LogP contribution in [-0.4, -0.2) is 68.9 Å². The molecule has 30 heavy (non-hydrogen) atoms. The van der Waals surface area contributed by atoms with Crippen LogP contribution in [0.5, 0.6) is 0 Å². The van der Waals surface area contributed by atoms with E-state index >= 15 is 0 Å². The Morgan fingerprint density at radius 3 is 2.37 bits per heavy atom. The number of hydrogen-bond acceptors (Lipinski definition) is 7. The lowest BCUT2D eigenvalue weighted by Crippen LogP contribution is -2.49. The van der Waals surface area contributed by atoms with E-state index in [4.69, 9.17) is 10.5 Å². The number of nitrogens with two attached hydrogens (primary N) is 1. The Kier molecular flexibility index (Phi) is 6.08. The summed E-state index contributed by atoms with van der Waals surface area (Å²) in [5.74, 6) is -0.0379. The molecule has 1 aliphatic rings. The third-order valence-electron chi connectivity index (χ3n) is 4.46. The Bertz CT molecular complexity index is 893. The molecule has 0 radical (unpaired) electrons. The van der Waals surface area contributed by atoms with Gasteiger partial charge in [0.1, 0.15) is 6.10 Å². The van der Waals surface area contributed by atoms with Crippen molar-refractivity contribution in [3.63, 3.8) is 0 Å². The molecule has 10 nitrogen and oxygen atoms in total. The third kappa shape index (κ3) is 5.15. The van der Waals surface area contributed by atoms with Crippen molar-refractivity contribution in [3.05, 3.63) is 35.9 Å². The van der Waals surface area contributed by atoms with Gasteiger partial charge in [0.15, 0.2) is 0 Å². The maximum Gasteiger partial charge on any atom is 0.419 e. The van der Waals surface area contributed by atoms with E-state index in [1.54, 1.807) is 22.9 Å². The SMILES string of the molecule is CC(Cn1cc(C(=O)N2CCN(c3ncc(C(F)(F)F)cn3)CC2)cn1)OC(N)=O. The van der Waals surface area contributed by atoms with Crippen molar-refractivity contribution in [1.82, 2.24) is 24.6 Å². The zero-order valence-corrected chi connectivity index (χ0v) is 16.0. The molecule has 3 heterocycles. The first-order valence-electron chi connectivity index (χ1n) is 9.05. The van der Waals surface area contributed by atoms with Crippen molar-refractivity contribution in [2.24, 2.45) is 5.73 Å². The van der Waals surface area contributed by atoms with Gasteiger partial charge in [-0.15, -0.1) is 0 Å². The van der Waals surface area contributed by atoms with E-state index in [1.807, 2.05) is 0 Å². The summed E-state index contributed by atoms with van der Waals surface area (Å²) in [6.45, 7) is 3.38. The van der Waals surface area contributed by atoms with Crippen LogP contribution in [-0.2, 0) is 17.5 Å². The molecule has 0 spiro atoms. The average Bonchev–Trinajstić information content (AvgIpc) is 3.14. The van der Waals surface area contributed by atoms with Crippen molar-refractivity contribution < 1.29 is 27.5 Å². The molecule has 0 aliphatic carbocycles. The van der Waals surface area contributed by atoms with E-state index < -0.39 is 23.9 Å². The first kappa shape index (κ1) is 21.3. The number of anilines is 1. The van der Waals surface area contributed by atoms with Gasteiger partial charge in [-0.1, -0.05) is 0 Å². The second-order valence-corrected chi connectivity index (χ2v) is 6.75. The fourth-order valence-corrected chi connectivity index (χ4v) is 3.00. The first-order valence-corrected chi connectivity index (χ1v) is 9.05. The van der Waals surface area contributed by atoms with Gasteiger partial charge in [-0.05, 0) is 6.92 Å². The summed E-state index contributed by atoms with van der Waals surface area (Å²) < 4.78 is 44.2. The molecule has 1 atom stereocenters. The van der Waals surface area contributed by atoms with Crippen LogP contribution in [0, 0.1) is 0 Å². The number of carbonyl (C=O) groups excluding carboxylic acids is 2. The largest absolute Gasteiger partial charge is 0.445 e. The fraction of sp³-hybridized carbons (Fsp3) is 0.471. The molecule has 2 N–H and O–H groups in total. The minimum Gasteiger partial charge on any atom is -0.445 e. The van der Waals surface area contributed by atoms with E-state index in [9.17, 15) is 22.8 Å². The predicted molar refractivity (Wildman–Crippen MR) is 97.5 cm³/mol. The van der Waals surface area contributed by atoms with Crippen molar-refractivity contribution in [1.29, 1.82) is 0 Å². The summed E-state index contributed by atoms with van der Waals surface area (Å²) in [7, 11) is 0. The molecule has 1 aliphatic heterocycles. The van der Waals surface area contributed by atoms with Gasteiger partial charge >= 0.3 is 12.3 Å². The van der Waals surface area contributed by atoms with E-state index in [1.165, 1.54) is 10.9 Å². The van der Waals surface area contributed by atoms with Crippen LogP contribution in [0.25, 0.3) is 0 Å². The summed E-state index contributed by atoms with van der Waals surface area (Å²) in [5, 5.41) is 4.08. The molecule has 2 amide bonds. The van der Waals surface area contributed by atoms with Crippen LogP contribution in [0.4, 0.5) is 23.9 Å². The highest BCUT2D eigenvalue weighted by Crippen LogP contribution is 2.28. The first-order chi connectivity index (χ1) is 14.1. The molecule has 1 unspecified atom stereocenters. The molecule has 0 saturated carbocycles. The standard InChI is InChI=1S/C17H20F3N7O3/c1-11(30-15(21)29)9-27-10-12(6-24-27)14(28)25-2-4-26(5-3-25)16-22-7-13(8-23-16)17(18,19)20/h6-8,10-11H,2-5,9H2,1H3,(H2,21,29). The van der Waals surface area contributed by atoms with Gasteiger partial charge in [0.2, 0.25) is 5.95 Å². The number of rotatable bonds is 5. The number of amides is 2. The smallest absolute Gasteiger partial charge is 0.419 e. The van der Waals surface area contributed by atoms with Gasteiger partial charge in [-0.3, -0.25) is 9.48 Å². The molecule has 0 bridgehead atoms. The maximum absolute atomic E-state index is 12.7. The Balaban J connectivity index is 1.55. The van der Waals surface area contributed by atoms with E-state index in [0.29, 0.717) is 31.7 Å². The van der Waals surface area contributed by atoms with Gasteiger partial charge in [-0.25, -0.2) is 14.8 Å². The van der Waals surface area contributed by atoms with Gasteiger partial charge in [0.05, 0.1) is 23.9 Å². The topological polar surface area (TPSA) is 119 Å². The van der Waals surface area contributed by atoms with Crippen LogP contribution >= 0.6 is 0 Å². The summed E-state index contributed by atoms with van der Waals surface area (Å²) in [5.41, 5.74) is 4.43. The summed E-state index contributed by atoms with van der Waals surface area (Å²) in [6.07, 6.45) is -1.41. The second-order valence-electron chi connectivity index (χ2n) is 6.75. The lowest BCUT2D eigenvalue weighted by molar-refractivity contribution is -0.138. The van der Waals surface area contributed by atoms with Crippen molar-refractivity contribution in [2.75, 3.05) is 31.1 Å². The van der Waals surface area contributed by atoms with Crippen molar-refractivity contribution in [3.8, 4) is 0 Å². The molecule has 162 valence electrons. The Labute approximate surface area is 169 Å². The minimum absolute atomic E-state index is 0.186. The van der Waals surface area contributed by atoms with Gasteiger partial charge in [0.25, 0.3) is 5.91 Å². The molecule has 2 aromatic rings. The zero-order valence-electron chi connectivity index (χ0n) is 16.0. The molecule has 3 rings (SSSR count). The van der Waals surface area contributed by atoms with Gasteiger partial charge in [-0.2, -0.15) is 18.3 Å². The second kappa shape index (κ2) is 8.55. The highest BCUT2D eigenvalue weighted by Gasteiger charge is 2.32. The Morgan fingerprint density at radius 1 is 1.17 bits per heavy atom. The molecule has 13 heteroatoms. The summed E-state index contributed by atoms with van der Waals surface area (Å²) in [6, 6.07) is 0. The van der Waals surface area contributed by atoms with Crippen LogP contribution in [0.3, 0.4) is 0 Å². The fourth-order valence-electron chi connectivity index (χ4n) is 3.00. The number of aromatic nitrogens is 4. The van der Waals surface area contributed by atoms with Crippen LogP contribution in [0.2, 0.25) is 0 Å². The minimum atomic E-state index is -4.49. The number of alkyl halides is 3. The highest BCUT2D eigenvalue weighted by atomic mass is 19.4. The molecule has 1 fully saturated rings. The Morgan fingerprint density at radius 2 is 1.80 bits per heavy atom. The summed E-state index contributed by atoms with van der Waals surface area (Å²) in [4.78, 5) is 34.3. The Hall–Kier alpha value is -3.38. The third-order valence-corrected chi connectivity index (χ3v) is 4.46. The molecular weight excluding hydrogens is 407 g/mol. The molecular formula is C17H20F3N7O3. The van der Waals surface area contributed by atoms with Gasteiger partial charge < -0.3 is 20.3 Å². The highest BCUT2D eigenvalue weighted by molar-refractivity contribution is 5.93. The van der Waals surface area contributed by atoms with E-state index in [-0.39, 0.29) is 18.4 Å². The monoisotopic (exact) mass is 427 g/mol. The number of carbonyl (C=O) groups is 2. The van der Waals surface area contributed by atoms with Crippen LogP contribution < -0.4 is 10.6 Å². The number of ether oxygens (including phenoxy) is 1. The lowest BCUT2D eigenvalue weighted by atomic mass is 10.2. The van der Waals surface area contributed by atoms with Crippen LogP contribution in [0.15, 0.2) is 24.8 Å². The normalized spacial score (nSPS) is 15.7. The van der Waals surface area contributed by atoms with Crippen molar-refractivity contribution in [2.45, 2.75) is 25.7 Å². The number of halogens is 3. The number of piperazine rings is 1. The number of nitrogens with zero attached hydrogens (tertiary/aromatic N) is 6. The number of hydrogen-bond donors (Lipinski definition) is 1. The average molecular weight is 427 g/mol. The van der Waals surface area contributed by atoms with E-state index in [0.717, 1.165) is 12.4 Å².